The van der Waals surface area contributed by atoms with Crippen molar-refractivity contribution in [1.82, 2.24) is 4.90 Å². The molecule has 1 heterocycles. The van der Waals surface area contributed by atoms with Crippen molar-refractivity contribution in [1.29, 1.82) is 0 Å². The number of carbonyl (C=O) groups is 1. The Morgan fingerprint density at radius 1 is 1.56 bits per heavy atom. The molecule has 16 heavy (non-hydrogen) atoms. The van der Waals surface area contributed by atoms with E-state index in [9.17, 15) is 13.2 Å². The van der Waals surface area contributed by atoms with Crippen LogP contribution >= 0.6 is 0 Å². The number of sulfone groups is 1. The van der Waals surface area contributed by atoms with E-state index in [4.69, 9.17) is 5.73 Å². The number of nitrogens with zero attached hydrogens (tertiary/aromatic N) is 1. The van der Waals surface area contributed by atoms with Crippen molar-refractivity contribution in [3.8, 4) is 0 Å². The molecule has 0 aromatic rings. The fourth-order valence-electron chi connectivity index (χ4n) is 1.98. The minimum atomic E-state index is -2.93. The van der Waals surface area contributed by atoms with Crippen LogP contribution in [0, 0.1) is 5.92 Å². The summed E-state index contributed by atoms with van der Waals surface area (Å²) < 4.78 is 22.6. The highest BCUT2D eigenvalue weighted by Gasteiger charge is 2.33. The Bertz CT molecular complexity index is 353. The number of hydrogen-bond acceptors (Lipinski definition) is 4. The molecule has 0 aromatic heterocycles. The van der Waals surface area contributed by atoms with Gasteiger partial charge in [-0.3, -0.25) is 4.79 Å². The maximum absolute atomic E-state index is 11.9. The standard InChI is InChI=1S/C10H20N2O3S/c1-8(3-5-11)10(13)12(2)9-4-6-16(14,15)7-9/h8-9H,3-7,11H2,1-2H3. The number of hydrogen-bond donors (Lipinski definition) is 1. The fourth-order valence-corrected chi connectivity index (χ4v) is 3.76. The van der Waals surface area contributed by atoms with Gasteiger partial charge < -0.3 is 10.6 Å². The lowest BCUT2D eigenvalue weighted by Gasteiger charge is -2.26. The van der Waals surface area contributed by atoms with Gasteiger partial charge in [-0.25, -0.2) is 8.42 Å². The number of amides is 1. The zero-order chi connectivity index (χ0) is 12.3. The van der Waals surface area contributed by atoms with Crippen molar-refractivity contribution >= 4 is 15.7 Å². The van der Waals surface area contributed by atoms with Gasteiger partial charge in [0.2, 0.25) is 5.91 Å². The molecule has 1 rings (SSSR count). The average Bonchev–Trinajstić information content (AvgIpc) is 2.57. The molecule has 2 unspecified atom stereocenters. The van der Waals surface area contributed by atoms with E-state index in [2.05, 4.69) is 0 Å². The van der Waals surface area contributed by atoms with Gasteiger partial charge in [0.25, 0.3) is 0 Å². The zero-order valence-corrected chi connectivity index (χ0v) is 10.7. The van der Waals surface area contributed by atoms with Crippen LogP contribution in [0.1, 0.15) is 19.8 Å². The van der Waals surface area contributed by atoms with Crippen molar-refractivity contribution in [2.75, 3.05) is 25.1 Å². The van der Waals surface area contributed by atoms with Gasteiger partial charge in [0, 0.05) is 19.0 Å². The summed E-state index contributed by atoms with van der Waals surface area (Å²) in [6.07, 6.45) is 1.20. The number of carbonyl (C=O) groups excluding carboxylic acids is 1. The van der Waals surface area contributed by atoms with Gasteiger partial charge in [-0.1, -0.05) is 6.92 Å². The van der Waals surface area contributed by atoms with E-state index in [0.29, 0.717) is 19.4 Å². The van der Waals surface area contributed by atoms with Gasteiger partial charge >= 0.3 is 0 Å². The molecule has 1 aliphatic heterocycles. The van der Waals surface area contributed by atoms with Crippen LogP contribution in [0.2, 0.25) is 0 Å². The normalized spacial score (nSPS) is 25.3. The maximum Gasteiger partial charge on any atom is 0.225 e. The van der Waals surface area contributed by atoms with Gasteiger partial charge in [-0.2, -0.15) is 0 Å². The summed E-state index contributed by atoms with van der Waals surface area (Å²) in [5.74, 6) is 0.163. The molecular formula is C10H20N2O3S. The summed E-state index contributed by atoms with van der Waals surface area (Å²) in [7, 11) is -1.25. The van der Waals surface area contributed by atoms with Crippen LogP contribution in [-0.2, 0) is 14.6 Å². The molecule has 0 spiro atoms. The molecule has 1 aliphatic rings. The highest BCUT2D eigenvalue weighted by Crippen LogP contribution is 2.18. The lowest BCUT2D eigenvalue weighted by atomic mass is 10.1. The van der Waals surface area contributed by atoms with Gasteiger partial charge in [-0.15, -0.1) is 0 Å². The largest absolute Gasteiger partial charge is 0.341 e. The van der Waals surface area contributed by atoms with Crippen LogP contribution in [-0.4, -0.2) is 50.4 Å². The SMILES string of the molecule is CC(CCN)C(=O)N(C)C1CCS(=O)(=O)C1. The molecule has 2 N–H and O–H groups in total. The van der Waals surface area contributed by atoms with Gasteiger partial charge in [0.15, 0.2) is 9.84 Å². The Morgan fingerprint density at radius 3 is 2.62 bits per heavy atom. The maximum atomic E-state index is 11.9. The Balaban J connectivity index is 2.58. The van der Waals surface area contributed by atoms with Crippen LogP contribution < -0.4 is 5.73 Å². The van der Waals surface area contributed by atoms with Crippen LogP contribution in [0.4, 0.5) is 0 Å². The van der Waals surface area contributed by atoms with E-state index in [1.165, 1.54) is 0 Å². The third-order valence-electron chi connectivity index (χ3n) is 3.12. The van der Waals surface area contributed by atoms with Crippen LogP contribution in [0.3, 0.4) is 0 Å². The highest BCUT2D eigenvalue weighted by atomic mass is 32.2. The Kier molecular flexibility index (Phi) is 4.32. The highest BCUT2D eigenvalue weighted by molar-refractivity contribution is 7.91. The number of nitrogens with two attached hydrogens (primary N) is 1. The molecule has 5 nitrogen and oxygen atoms in total. The Labute approximate surface area is 96.9 Å². The smallest absolute Gasteiger partial charge is 0.225 e. The van der Waals surface area contributed by atoms with E-state index in [-0.39, 0.29) is 29.4 Å². The molecule has 0 aliphatic carbocycles. The van der Waals surface area contributed by atoms with Gasteiger partial charge in [-0.05, 0) is 19.4 Å². The first kappa shape index (κ1) is 13.4. The van der Waals surface area contributed by atoms with Crippen molar-refractivity contribution in [3.05, 3.63) is 0 Å². The minimum absolute atomic E-state index is 0.00690. The molecule has 2 atom stereocenters. The summed E-state index contributed by atoms with van der Waals surface area (Å²) in [6, 6.07) is -0.155. The Morgan fingerprint density at radius 2 is 2.19 bits per heavy atom. The summed E-state index contributed by atoms with van der Waals surface area (Å²) in [5.41, 5.74) is 5.40. The molecule has 1 fully saturated rings. The molecule has 1 amide bonds. The summed E-state index contributed by atoms with van der Waals surface area (Å²) >= 11 is 0. The summed E-state index contributed by atoms with van der Waals surface area (Å²) in [4.78, 5) is 13.5. The van der Waals surface area contributed by atoms with E-state index < -0.39 is 9.84 Å². The first-order valence-corrected chi connectivity index (χ1v) is 7.36. The van der Waals surface area contributed by atoms with Crippen molar-refractivity contribution < 1.29 is 13.2 Å². The zero-order valence-electron chi connectivity index (χ0n) is 9.85. The molecule has 94 valence electrons. The molecule has 0 bridgehead atoms. The average molecular weight is 248 g/mol. The second-order valence-electron chi connectivity index (χ2n) is 4.48. The third kappa shape index (κ3) is 3.18. The van der Waals surface area contributed by atoms with Gasteiger partial charge in [0.05, 0.1) is 11.5 Å². The molecule has 0 saturated carbocycles. The lowest BCUT2D eigenvalue weighted by molar-refractivity contribution is -0.135. The first-order chi connectivity index (χ1) is 7.37. The van der Waals surface area contributed by atoms with Crippen LogP contribution in [0.25, 0.3) is 0 Å². The molecule has 6 heteroatoms. The quantitative estimate of drug-likeness (QED) is 0.735. The molecule has 0 aromatic carbocycles. The topological polar surface area (TPSA) is 80.5 Å². The minimum Gasteiger partial charge on any atom is -0.341 e. The Hall–Kier alpha value is -0.620. The van der Waals surface area contributed by atoms with E-state index in [0.717, 1.165) is 0 Å². The van der Waals surface area contributed by atoms with E-state index in [1.54, 1.807) is 11.9 Å². The van der Waals surface area contributed by atoms with Crippen molar-refractivity contribution in [2.24, 2.45) is 11.7 Å². The van der Waals surface area contributed by atoms with E-state index >= 15 is 0 Å². The molecular weight excluding hydrogens is 228 g/mol. The van der Waals surface area contributed by atoms with Crippen molar-refractivity contribution in [3.63, 3.8) is 0 Å². The van der Waals surface area contributed by atoms with Gasteiger partial charge in [0.1, 0.15) is 0 Å². The third-order valence-corrected chi connectivity index (χ3v) is 4.88. The fraction of sp³-hybridized carbons (Fsp3) is 0.900. The first-order valence-electron chi connectivity index (χ1n) is 5.54. The molecule has 1 saturated heterocycles. The summed E-state index contributed by atoms with van der Waals surface area (Å²) in [6.45, 7) is 2.30. The second kappa shape index (κ2) is 5.14. The van der Waals surface area contributed by atoms with Crippen LogP contribution in [0.15, 0.2) is 0 Å². The number of rotatable bonds is 4. The van der Waals surface area contributed by atoms with Crippen molar-refractivity contribution in [2.45, 2.75) is 25.8 Å². The van der Waals surface area contributed by atoms with E-state index in [1.807, 2.05) is 6.92 Å². The van der Waals surface area contributed by atoms with Crippen LogP contribution in [0.5, 0.6) is 0 Å². The predicted octanol–water partition coefficient (Wildman–Crippen LogP) is -0.383. The second-order valence-corrected chi connectivity index (χ2v) is 6.71. The molecule has 0 radical (unpaired) electrons. The predicted molar refractivity (Wildman–Crippen MR) is 62.7 cm³/mol. The monoisotopic (exact) mass is 248 g/mol. The summed E-state index contributed by atoms with van der Waals surface area (Å²) in [5, 5.41) is 0. The lowest BCUT2D eigenvalue weighted by Crippen LogP contribution is -2.41.